The van der Waals surface area contributed by atoms with Crippen molar-refractivity contribution < 1.29 is 13.3 Å². The highest BCUT2D eigenvalue weighted by Gasteiger charge is 2.42. The molecule has 0 saturated heterocycles. The molecule has 0 bridgehead atoms. The Morgan fingerprint density at radius 3 is 1.41 bits per heavy atom. The van der Waals surface area contributed by atoms with Gasteiger partial charge in [-0.25, -0.2) is 0 Å². The summed E-state index contributed by atoms with van der Waals surface area (Å²) in [5, 5.41) is 0. The van der Waals surface area contributed by atoms with E-state index in [2.05, 4.69) is 6.08 Å². The van der Waals surface area contributed by atoms with Gasteiger partial charge < -0.3 is 13.3 Å². The molecule has 0 N–H and O–H groups in total. The number of hydrogen-bond donors (Lipinski definition) is 0. The second kappa shape index (κ2) is 8.03. The molecule has 0 atom stereocenters. The Morgan fingerprint density at radius 1 is 0.824 bits per heavy atom. The second-order valence-electron chi connectivity index (χ2n) is 4.96. The predicted octanol–water partition coefficient (Wildman–Crippen LogP) is 3.78. The third kappa shape index (κ3) is 7.71. The molecule has 0 amide bonds. The van der Waals surface area contributed by atoms with Crippen molar-refractivity contribution in [1.29, 1.82) is 0 Å². The first-order valence-electron chi connectivity index (χ1n) is 6.46. The van der Waals surface area contributed by atoms with Crippen molar-refractivity contribution in [2.45, 2.75) is 72.8 Å². The maximum Gasteiger partial charge on any atom is 0.505 e. The predicted molar refractivity (Wildman–Crippen MR) is 74.0 cm³/mol. The van der Waals surface area contributed by atoms with E-state index >= 15 is 0 Å². The smallest absolute Gasteiger partial charge is 0.371 e. The average molecular weight is 260 g/mol. The summed E-state index contributed by atoms with van der Waals surface area (Å²) >= 11 is 0. The van der Waals surface area contributed by atoms with Gasteiger partial charge in [0.05, 0.1) is 0 Å². The van der Waals surface area contributed by atoms with Crippen molar-refractivity contribution in [1.82, 2.24) is 0 Å². The summed E-state index contributed by atoms with van der Waals surface area (Å²) in [4.78, 5) is 0. The normalized spacial score (nSPS) is 13.5. The van der Waals surface area contributed by atoms with Crippen molar-refractivity contribution >= 4 is 8.80 Å². The Hall–Kier alpha value is -0.163. The van der Waals surface area contributed by atoms with Crippen molar-refractivity contribution in [3.05, 3.63) is 12.2 Å². The molecule has 0 aliphatic rings. The lowest BCUT2D eigenvalue weighted by atomic mass is 10.5. The summed E-state index contributed by atoms with van der Waals surface area (Å²) in [5.41, 5.74) is 0. The molecular weight excluding hydrogens is 232 g/mol. The van der Waals surface area contributed by atoms with Crippen LogP contribution in [0.5, 0.6) is 0 Å². The Morgan fingerprint density at radius 2 is 1.18 bits per heavy atom. The van der Waals surface area contributed by atoms with E-state index in [9.17, 15) is 0 Å². The highest BCUT2D eigenvalue weighted by atomic mass is 28.4. The fourth-order valence-corrected chi connectivity index (χ4v) is 4.70. The van der Waals surface area contributed by atoms with Crippen molar-refractivity contribution in [2.75, 3.05) is 0 Å². The van der Waals surface area contributed by atoms with Crippen LogP contribution in [0.1, 0.15) is 48.5 Å². The minimum Gasteiger partial charge on any atom is -0.371 e. The van der Waals surface area contributed by atoms with E-state index in [1.54, 1.807) is 0 Å². The highest BCUT2D eigenvalue weighted by molar-refractivity contribution is 6.61. The van der Waals surface area contributed by atoms with Gasteiger partial charge in [0.25, 0.3) is 0 Å². The first kappa shape index (κ1) is 16.8. The monoisotopic (exact) mass is 260 g/mol. The third-order valence-corrected chi connectivity index (χ3v) is 5.08. The van der Waals surface area contributed by atoms with E-state index in [1.165, 1.54) is 0 Å². The lowest BCUT2D eigenvalue weighted by Gasteiger charge is -2.33. The Balaban J connectivity index is 4.89. The van der Waals surface area contributed by atoms with Gasteiger partial charge in [0.15, 0.2) is 0 Å². The van der Waals surface area contributed by atoms with E-state index in [1.807, 2.05) is 54.5 Å². The first-order chi connectivity index (χ1) is 7.81. The van der Waals surface area contributed by atoms with Gasteiger partial charge in [0.2, 0.25) is 0 Å². The summed E-state index contributed by atoms with van der Waals surface area (Å²) in [6.07, 6.45) is 4.43. The lowest BCUT2D eigenvalue weighted by molar-refractivity contribution is 0.00553. The number of rotatable bonds is 8. The van der Waals surface area contributed by atoms with Crippen LogP contribution in [0.15, 0.2) is 12.2 Å². The van der Waals surface area contributed by atoms with Crippen molar-refractivity contribution in [3.8, 4) is 0 Å². The number of allylic oxidation sites excluding steroid dienone is 2. The molecule has 0 aromatic carbocycles. The quantitative estimate of drug-likeness (QED) is 0.491. The van der Waals surface area contributed by atoms with E-state index in [-0.39, 0.29) is 18.3 Å². The Kier molecular flexibility index (Phi) is 7.95. The van der Waals surface area contributed by atoms with Crippen LogP contribution in [0, 0.1) is 0 Å². The topological polar surface area (TPSA) is 27.7 Å². The lowest BCUT2D eigenvalue weighted by Crippen LogP contribution is -2.50. The van der Waals surface area contributed by atoms with Gasteiger partial charge in [-0.05, 0) is 48.5 Å². The van der Waals surface area contributed by atoms with E-state index in [0.29, 0.717) is 0 Å². The van der Waals surface area contributed by atoms with Crippen LogP contribution in [0.4, 0.5) is 0 Å². The molecule has 0 rings (SSSR count). The van der Waals surface area contributed by atoms with Crippen LogP contribution < -0.4 is 0 Å². The molecule has 4 heteroatoms. The van der Waals surface area contributed by atoms with E-state index < -0.39 is 8.80 Å². The summed E-state index contributed by atoms with van der Waals surface area (Å²) in [6.45, 7) is 14.1. The highest BCUT2D eigenvalue weighted by Crippen LogP contribution is 2.22. The molecule has 0 aliphatic carbocycles. The molecular formula is C13H28O3Si. The molecule has 0 aromatic rings. The minimum absolute atomic E-state index is 0.115. The molecule has 3 nitrogen and oxygen atoms in total. The van der Waals surface area contributed by atoms with Gasteiger partial charge in [-0.3, -0.25) is 0 Å². The van der Waals surface area contributed by atoms with Crippen LogP contribution in [-0.4, -0.2) is 27.1 Å². The van der Waals surface area contributed by atoms with Gasteiger partial charge >= 0.3 is 8.80 Å². The Bertz CT molecular complexity index is 198. The molecule has 102 valence electrons. The van der Waals surface area contributed by atoms with Gasteiger partial charge in [-0.2, -0.15) is 0 Å². The van der Waals surface area contributed by atoms with Crippen molar-refractivity contribution in [3.63, 3.8) is 0 Å². The zero-order chi connectivity index (χ0) is 13.5. The summed E-state index contributed by atoms with van der Waals surface area (Å²) in [6, 6.07) is 0.734. The molecule has 0 aliphatic heterocycles. The first-order valence-corrected chi connectivity index (χ1v) is 8.39. The summed E-state index contributed by atoms with van der Waals surface area (Å²) in [7, 11) is -2.59. The minimum atomic E-state index is -2.59. The zero-order valence-corrected chi connectivity index (χ0v) is 13.3. The van der Waals surface area contributed by atoms with Gasteiger partial charge in [0.1, 0.15) is 0 Å². The Labute approximate surface area is 108 Å². The molecule has 0 spiro atoms. The van der Waals surface area contributed by atoms with Crippen LogP contribution in [0.25, 0.3) is 0 Å². The molecule has 0 heterocycles. The zero-order valence-electron chi connectivity index (χ0n) is 12.3. The maximum atomic E-state index is 6.00. The van der Waals surface area contributed by atoms with Crippen LogP contribution in [0.2, 0.25) is 6.04 Å². The molecule has 0 aromatic heterocycles. The standard InChI is InChI=1S/C13H28O3Si/c1-8-9-10-17(14-11(2)3,15-12(4)5)16-13(6)7/h8-9,11-13H,10H2,1-7H3. The average Bonchev–Trinajstić information content (AvgIpc) is 2.11. The molecule has 0 radical (unpaired) electrons. The van der Waals surface area contributed by atoms with Gasteiger partial charge in [-0.15, -0.1) is 0 Å². The summed E-state index contributed by atoms with van der Waals surface area (Å²) < 4.78 is 18.0. The molecule has 0 saturated carbocycles. The van der Waals surface area contributed by atoms with Crippen molar-refractivity contribution in [2.24, 2.45) is 0 Å². The number of hydrogen-bond acceptors (Lipinski definition) is 3. The van der Waals surface area contributed by atoms with E-state index in [4.69, 9.17) is 13.3 Å². The van der Waals surface area contributed by atoms with Gasteiger partial charge in [-0.1, -0.05) is 12.2 Å². The molecule has 0 unspecified atom stereocenters. The maximum absolute atomic E-state index is 6.00. The second-order valence-corrected chi connectivity index (χ2v) is 7.44. The van der Waals surface area contributed by atoms with Crippen LogP contribution >= 0.6 is 0 Å². The SMILES string of the molecule is CC=CC[Si](OC(C)C)(OC(C)C)OC(C)C. The van der Waals surface area contributed by atoms with Gasteiger partial charge in [0, 0.05) is 24.4 Å². The third-order valence-electron chi connectivity index (χ3n) is 1.85. The fraction of sp³-hybridized carbons (Fsp3) is 0.846. The fourth-order valence-electron chi connectivity index (χ4n) is 1.57. The van der Waals surface area contributed by atoms with Crippen LogP contribution in [-0.2, 0) is 13.3 Å². The largest absolute Gasteiger partial charge is 0.505 e. The molecule has 17 heavy (non-hydrogen) atoms. The van der Waals surface area contributed by atoms with Crippen LogP contribution in [0.3, 0.4) is 0 Å². The summed E-state index contributed by atoms with van der Waals surface area (Å²) in [5.74, 6) is 0. The van der Waals surface area contributed by atoms with E-state index in [0.717, 1.165) is 6.04 Å². The molecule has 0 fully saturated rings.